The highest BCUT2D eigenvalue weighted by Gasteiger charge is 2.75. The Kier molecular flexibility index (Phi) is 5.06. The number of aliphatic hydroxyl groups is 1. The second-order valence-electron chi connectivity index (χ2n) is 9.50. The van der Waals surface area contributed by atoms with Crippen molar-refractivity contribution in [1.82, 2.24) is 4.31 Å². The number of ether oxygens (including phenoxy) is 2. The first-order valence-corrected chi connectivity index (χ1v) is 11.5. The van der Waals surface area contributed by atoms with Crippen LogP contribution in [-0.2, 0) is 19.5 Å². The van der Waals surface area contributed by atoms with Gasteiger partial charge in [-0.05, 0) is 51.9 Å². The van der Waals surface area contributed by atoms with Gasteiger partial charge in [-0.1, -0.05) is 13.8 Å². The summed E-state index contributed by atoms with van der Waals surface area (Å²) in [5.74, 6) is -0.473. The molecular formula is C19H35NO5S. The number of hydrogen-bond acceptors (Lipinski definition) is 5. The number of rotatable bonds is 6. The van der Waals surface area contributed by atoms with Crippen molar-refractivity contribution < 1.29 is 23.0 Å². The van der Waals surface area contributed by atoms with Crippen LogP contribution in [0.15, 0.2) is 0 Å². The van der Waals surface area contributed by atoms with E-state index in [0.29, 0.717) is 12.5 Å². The van der Waals surface area contributed by atoms with Gasteiger partial charge in [-0.15, -0.1) is 0 Å². The predicted octanol–water partition coefficient (Wildman–Crippen LogP) is 2.37. The van der Waals surface area contributed by atoms with E-state index in [1.165, 1.54) is 0 Å². The van der Waals surface area contributed by atoms with Crippen LogP contribution in [0.5, 0.6) is 0 Å². The number of fused-ring (bicyclic) bond motifs is 3. The molecule has 2 aliphatic carbocycles. The Morgan fingerprint density at radius 2 is 1.81 bits per heavy atom. The number of nitrogens with zero attached hydrogens (tertiary/aromatic N) is 1. The zero-order valence-electron chi connectivity index (χ0n) is 17.0. The molecule has 7 heteroatoms. The van der Waals surface area contributed by atoms with Crippen LogP contribution in [0, 0.1) is 16.7 Å². The van der Waals surface area contributed by atoms with Gasteiger partial charge in [-0.3, -0.25) is 0 Å². The van der Waals surface area contributed by atoms with Gasteiger partial charge in [0.15, 0.2) is 5.79 Å². The summed E-state index contributed by atoms with van der Waals surface area (Å²) in [5.41, 5.74) is -0.778. The summed E-state index contributed by atoms with van der Waals surface area (Å²) in [5, 5.41) is 9.53. The molecule has 26 heavy (non-hydrogen) atoms. The van der Waals surface area contributed by atoms with Crippen LogP contribution in [0.25, 0.3) is 0 Å². The van der Waals surface area contributed by atoms with Crippen molar-refractivity contribution in [2.45, 2.75) is 84.8 Å². The number of sulfonamides is 1. The molecule has 1 heterocycles. The van der Waals surface area contributed by atoms with Gasteiger partial charge >= 0.3 is 0 Å². The molecule has 2 bridgehead atoms. The summed E-state index contributed by atoms with van der Waals surface area (Å²) in [4.78, 5) is 0. The molecule has 3 fully saturated rings. The quantitative estimate of drug-likeness (QED) is 0.755. The maximum absolute atomic E-state index is 13.5. The van der Waals surface area contributed by atoms with E-state index in [4.69, 9.17) is 9.47 Å². The van der Waals surface area contributed by atoms with Crippen molar-refractivity contribution in [2.75, 3.05) is 19.0 Å². The van der Waals surface area contributed by atoms with E-state index in [1.54, 1.807) is 4.31 Å². The molecule has 3 aliphatic rings. The van der Waals surface area contributed by atoms with Gasteiger partial charge in [0, 0.05) is 23.9 Å². The first-order valence-electron chi connectivity index (χ1n) is 9.86. The first kappa shape index (κ1) is 20.5. The van der Waals surface area contributed by atoms with Gasteiger partial charge in [-0.2, -0.15) is 4.31 Å². The van der Waals surface area contributed by atoms with Crippen LogP contribution in [0.2, 0.25) is 0 Å². The normalized spacial score (nSPS) is 39.2. The van der Waals surface area contributed by atoms with Crippen LogP contribution >= 0.6 is 0 Å². The molecule has 1 aliphatic heterocycles. The monoisotopic (exact) mass is 389 g/mol. The largest absolute Gasteiger partial charge is 0.394 e. The smallest absolute Gasteiger partial charge is 0.215 e. The molecule has 0 aromatic heterocycles. The molecular weight excluding hydrogens is 354 g/mol. The van der Waals surface area contributed by atoms with Gasteiger partial charge in [0.1, 0.15) is 6.10 Å². The van der Waals surface area contributed by atoms with Crippen LogP contribution in [0.1, 0.15) is 60.8 Å². The van der Waals surface area contributed by atoms with E-state index < -0.39 is 21.2 Å². The van der Waals surface area contributed by atoms with Gasteiger partial charge in [0.25, 0.3) is 0 Å². The standard InChI is InChI=1S/C19H35NO5S/c1-13(2)20(14(3)4)26(22,23)12-18-8-7-15(17(18,5)6)9-19(18)24-11-16(10-21)25-19/h13-16,21H,7-12H2,1-6H3/t15-,16+,18+,19?/m1/s1. The Morgan fingerprint density at radius 1 is 1.19 bits per heavy atom. The van der Waals surface area contributed by atoms with Crippen LogP contribution in [-0.4, -0.2) is 60.8 Å². The first-order chi connectivity index (χ1) is 11.9. The Labute approximate surface area is 158 Å². The van der Waals surface area contributed by atoms with Crippen molar-refractivity contribution in [3.05, 3.63) is 0 Å². The van der Waals surface area contributed by atoms with Gasteiger partial charge in [-0.25, -0.2) is 8.42 Å². The maximum Gasteiger partial charge on any atom is 0.215 e. The molecule has 1 N–H and O–H groups in total. The molecule has 3 rings (SSSR count). The van der Waals surface area contributed by atoms with Crippen molar-refractivity contribution in [1.29, 1.82) is 0 Å². The average molecular weight is 390 g/mol. The second-order valence-corrected chi connectivity index (χ2v) is 11.4. The second kappa shape index (κ2) is 6.41. The third kappa shape index (κ3) is 2.69. The highest BCUT2D eigenvalue weighted by molar-refractivity contribution is 7.89. The van der Waals surface area contributed by atoms with Gasteiger partial charge in [0.05, 0.1) is 19.0 Å². The summed E-state index contributed by atoms with van der Waals surface area (Å²) in [6, 6.07) is -0.186. The molecule has 0 radical (unpaired) electrons. The minimum absolute atomic E-state index is 0.0397. The fourth-order valence-electron chi connectivity index (χ4n) is 6.06. The maximum atomic E-state index is 13.5. The summed E-state index contributed by atoms with van der Waals surface area (Å²) < 4.78 is 41.0. The number of hydrogen-bond donors (Lipinski definition) is 1. The zero-order valence-corrected chi connectivity index (χ0v) is 17.8. The minimum atomic E-state index is -3.50. The number of aliphatic hydroxyl groups excluding tert-OH is 1. The van der Waals surface area contributed by atoms with Crippen molar-refractivity contribution >= 4 is 10.0 Å². The fourth-order valence-corrected chi connectivity index (χ4v) is 8.85. The van der Waals surface area contributed by atoms with Crippen LogP contribution < -0.4 is 0 Å². The highest BCUT2D eigenvalue weighted by atomic mass is 32.2. The molecule has 0 amide bonds. The van der Waals surface area contributed by atoms with Crippen molar-refractivity contribution in [2.24, 2.45) is 16.7 Å². The van der Waals surface area contributed by atoms with E-state index >= 15 is 0 Å². The van der Waals surface area contributed by atoms with Crippen LogP contribution in [0.3, 0.4) is 0 Å². The third-order valence-corrected chi connectivity index (χ3v) is 9.59. The Bertz CT molecular complexity index is 638. The SMILES string of the molecule is CC(C)N(C(C)C)S(=O)(=O)C[C@]12CC[C@H](CC13OC[C@H](CO)O3)C2(C)C. The van der Waals surface area contributed by atoms with E-state index in [1.807, 2.05) is 27.7 Å². The van der Waals surface area contributed by atoms with Crippen molar-refractivity contribution in [3.63, 3.8) is 0 Å². The lowest BCUT2D eigenvalue weighted by atomic mass is 9.68. The van der Waals surface area contributed by atoms with Crippen molar-refractivity contribution in [3.8, 4) is 0 Å². The molecule has 0 aromatic carbocycles. The predicted molar refractivity (Wildman–Crippen MR) is 100 cm³/mol. The molecule has 6 nitrogen and oxygen atoms in total. The third-order valence-electron chi connectivity index (χ3n) is 7.25. The lowest BCUT2D eigenvalue weighted by Gasteiger charge is -2.48. The molecule has 1 spiro atoms. The van der Waals surface area contributed by atoms with E-state index in [0.717, 1.165) is 19.3 Å². The van der Waals surface area contributed by atoms with Crippen LogP contribution in [0.4, 0.5) is 0 Å². The summed E-state index contributed by atoms with van der Waals surface area (Å²) in [6.07, 6.45) is 2.14. The minimum Gasteiger partial charge on any atom is -0.394 e. The summed E-state index contributed by atoms with van der Waals surface area (Å²) in [7, 11) is -3.50. The molecule has 0 aromatic rings. The Morgan fingerprint density at radius 3 is 2.27 bits per heavy atom. The van der Waals surface area contributed by atoms with Gasteiger partial charge < -0.3 is 14.6 Å². The topological polar surface area (TPSA) is 76.1 Å². The lowest BCUT2D eigenvalue weighted by molar-refractivity contribution is -0.245. The molecule has 4 atom stereocenters. The average Bonchev–Trinajstić information content (AvgIpc) is 3.06. The van der Waals surface area contributed by atoms with Gasteiger partial charge in [0.2, 0.25) is 10.0 Å². The Hall–Kier alpha value is -0.210. The van der Waals surface area contributed by atoms with E-state index in [9.17, 15) is 13.5 Å². The lowest BCUT2D eigenvalue weighted by Crippen LogP contribution is -2.57. The molecule has 2 saturated carbocycles. The molecule has 1 unspecified atom stereocenters. The summed E-state index contributed by atoms with van der Waals surface area (Å²) in [6.45, 7) is 12.3. The Balaban J connectivity index is 2.02. The fraction of sp³-hybridized carbons (Fsp3) is 1.00. The molecule has 1 saturated heterocycles. The zero-order chi connectivity index (χ0) is 19.5. The highest BCUT2D eigenvalue weighted by Crippen LogP contribution is 2.72. The van der Waals surface area contributed by atoms with E-state index in [2.05, 4.69) is 13.8 Å². The summed E-state index contributed by atoms with van der Waals surface area (Å²) >= 11 is 0. The molecule has 152 valence electrons. The van der Waals surface area contributed by atoms with E-state index in [-0.39, 0.29) is 36.0 Å².